The van der Waals surface area contributed by atoms with Crippen molar-refractivity contribution in [1.82, 2.24) is 9.03 Å². The number of nitrogens with one attached hydrogen (secondary N) is 1. The molecule has 0 unspecified atom stereocenters. The van der Waals surface area contributed by atoms with E-state index in [2.05, 4.69) is 0 Å². The van der Waals surface area contributed by atoms with Crippen molar-refractivity contribution in [2.75, 3.05) is 20.1 Å². The van der Waals surface area contributed by atoms with Crippen LogP contribution in [-0.2, 0) is 10.2 Å². The van der Waals surface area contributed by atoms with Crippen molar-refractivity contribution in [2.24, 2.45) is 0 Å². The maximum Gasteiger partial charge on any atom is 0.402 e. The summed E-state index contributed by atoms with van der Waals surface area (Å²) in [6.07, 6.45) is 0.223. The molecule has 1 N–H and O–H groups in total. The summed E-state index contributed by atoms with van der Waals surface area (Å²) in [5.41, 5.74) is 0. The van der Waals surface area contributed by atoms with Crippen LogP contribution in [-0.4, -0.2) is 39.0 Å². The fourth-order valence-electron chi connectivity index (χ4n) is 0.497. The highest BCUT2D eigenvalue weighted by molar-refractivity contribution is 7.87. The van der Waals surface area contributed by atoms with Gasteiger partial charge in [0.2, 0.25) is 0 Å². The van der Waals surface area contributed by atoms with Gasteiger partial charge in [0.05, 0.1) is 6.54 Å². The van der Waals surface area contributed by atoms with Crippen molar-refractivity contribution in [3.8, 4) is 12.3 Å². The predicted octanol–water partition coefficient (Wildman–Crippen LogP) is -0.0519. The van der Waals surface area contributed by atoms with Gasteiger partial charge < -0.3 is 0 Å². The van der Waals surface area contributed by atoms with Crippen LogP contribution in [0.25, 0.3) is 0 Å². The first-order valence-corrected chi connectivity index (χ1v) is 4.84. The summed E-state index contributed by atoms with van der Waals surface area (Å²) < 4.78 is 58.9. The molecule has 0 rings (SSSR count). The molecular weight excluding hydrogens is 221 g/mol. The molecule has 82 valence electrons. The Bertz CT molecular complexity index is 317. The monoisotopic (exact) mass is 230 g/mol. The van der Waals surface area contributed by atoms with E-state index in [9.17, 15) is 21.6 Å². The van der Waals surface area contributed by atoms with Gasteiger partial charge in [-0.05, 0) is 0 Å². The molecule has 8 heteroatoms. The highest BCUT2D eigenvalue weighted by atomic mass is 32.2. The van der Waals surface area contributed by atoms with Crippen LogP contribution >= 0.6 is 0 Å². The van der Waals surface area contributed by atoms with Crippen LogP contribution < -0.4 is 4.72 Å². The van der Waals surface area contributed by atoms with Gasteiger partial charge >= 0.3 is 6.18 Å². The number of nitrogens with zero attached hydrogens (tertiary/aromatic N) is 1. The summed E-state index contributed by atoms with van der Waals surface area (Å²) in [7, 11) is -3.05. The molecule has 0 aromatic heterocycles. The lowest BCUT2D eigenvalue weighted by Gasteiger charge is -2.15. The number of hydrogen-bond donors (Lipinski definition) is 1. The summed E-state index contributed by atoms with van der Waals surface area (Å²) in [5.74, 6) is 2.00. The van der Waals surface area contributed by atoms with E-state index in [0.29, 0.717) is 4.31 Å². The predicted molar refractivity (Wildman–Crippen MR) is 44.4 cm³/mol. The van der Waals surface area contributed by atoms with E-state index in [1.165, 1.54) is 4.72 Å². The summed E-state index contributed by atoms with van der Waals surface area (Å²) in [6, 6.07) is 0. The zero-order chi connectivity index (χ0) is 11.4. The molecule has 0 atom stereocenters. The van der Waals surface area contributed by atoms with Crippen LogP contribution in [0.5, 0.6) is 0 Å². The molecule has 4 nitrogen and oxygen atoms in total. The lowest BCUT2D eigenvalue weighted by Crippen LogP contribution is -2.42. The first-order valence-electron chi connectivity index (χ1n) is 3.40. The largest absolute Gasteiger partial charge is 0.402 e. The molecule has 14 heavy (non-hydrogen) atoms. The average Bonchev–Trinajstić information content (AvgIpc) is 2.00. The van der Waals surface area contributed by atoms with E-state index >= 15 is 0 Å². The van der Waals surface area contributed by atoms with Crippen molar-refractivity contribution >= 4 is 10.2 Å². The zero-order valence-electron chi connectivity index (χ0n) is 7.30. The lowest BCUT2D eigenvalue weighted by molar-refractivity contribution is -0.121. The molecule has 0 amide bonds. The fourth-order valence-corrected chi connectivity index (χ4v) is 1.31. The number of rotatable bonds is 4. The first-order chi connectivity index (χ1) is 6.19. The normalized spacial score (nSPS) is 12.9. The molecule has 0 fully saturated rings. The molecule has 0 bridgehead atoms. The molecule has 0 aromatic rings. The van der Waals surface area contributed by atoms with Crippen LogP contribution in [0.2, 0.25) is 0 Å². The second-order valence-corrected chi connectivity index (χ2v) is 4.26. The Hall–Kier alpha value is -0.780. The highest BCUT2D eigenvalue weighted by Crippen LogP contribution is 2.12. The van der Waals surface area contributed by atoms with Crippen LogP contribution in [0, 0.1) is 12.3 Å². The third-order valence-corrected chi connectivity index (χ3v) is 2.64. The summed E-state index contributed by atoms with van der Waals surface area (Å²) in [4.78, 5) is 0. The van der Waals surface area contributed by atoms with Gasteiger partial charge in [-0.3, -0.25) is 0 Å². The second-order valence-electron chi connectivity index (χ2n) is 2.40. The Labute approximate surface area is 80.3 Å². The van der Waals surface area contributed by atoms with Crippen molar-refractivity contribution in [3.63, 3.8) is 0 Å². The lowest BCUT2D eigenvalue weighted by atomic mass is 10.7. The van der Waals surface area contributed by atoms with E-state index in [4.69, 9.17) is 6.42 Å². The van der Waals surface area contributed by atoms with Gasteiger partial charge in [-0.1, -0.05) is 5.92 Å². The molecule has 0 heterocycles. The molecule has 0 radical (unpaired) electrons. The van der Waals surface area contributed by atoms with Gasteiger partial charge in [-0.15, -0.1) is 6.42 Å². The minimum absolute atomic E-state index is 0.285. The molecule has 0 saturated carbocycles. The summed E-state index contributed by atoms with van der Waals surface area (Å²) >= 11 is 0. The van der Waals surface area contributed by atoms with Gasteiger partial charge in [0, 0.05) is 7.05 Å². The van der Waals surface area contributed by atoms with Crippen LogP contribution in [0.4, 0.5) is 13.2 Å². The number of halogens is 3. The SMILES string of the molecule is C#CCN(C)S(=O)(=O)NCC(F)(F)F. The second kappa shape index (κ2) is 4.63. The molecule has 0 aliphatic rings. The van der Waals surface area contributed by atoms with Gasteiger partial charge in [-0.25, -0.2) is 0 Å². The van der Waals surface area contributed by atoms with Gasteiger partial charge in [0.1, 0.15) is 6.54 Å². The minimum atomic E-state index is -4.58. The average molecular weight is 230 g/mol. The van der Waals surface area contributed by atoms with Gasteiger partial charge in [0.25, 0.3) is 10.2 Å². The third kappa shape index (κ3) is 5.06. The van der Waals surface area contributed by atoms with Gasteiger partial charge in [0.15, 0.2) is 0 Å². The van der Waals surface area contributed by atoms with Crippen molar-refractivity contribution in [1.29, 1.82) is 0 Å². The van der Waals surface area contributed by atoms with E-state index in [-0.39, 0.29) is 6.54 Å². The molecule has 0 saturated heterocycles. The van der Waals surface area contributed by atoms with E-state index in [1.54, 1.807) is 0 Å². The molecule has 0 aliphatic heterocycles. The summed E-state index contributed by atoms with van der Waals surface area (Å²) in [6.45, 7) is -1.89. The molecule has 0 aromatic carbocycles. The van der Waals surface area contributed by atoms with Crippen LogP contribution in [0.1, 0.15) is 0 Å². The standard InChI is InChI=1S/C6H9F3N2O2S/c1-3-4-11(2)14(12,13)10-5-6(7,8)9/h1,10H,4-5H2,2H3. The Morgan fingerprint density at radius 3 is 2.36 bits per heavy atom. The Morgan fingerprint density at radius 1 is 1.50 bits per heavy atom. The molecule has 0 spiro atoms. The topological polar surface area (TPSA) is 49.4 Å². The Balaban J connectivity index is 4.31. The van der Waals surface area contributed by atoms with Crippen LogP contribution in [0.15, 0.2) is 0 Å². The number of alkyl halides is 3. The van der Waals surface area contributed by atoms with Crippen molar-refractivity contribution in [3.05, 3.63) is 0 Å². The maximum absolute atomic E-state index is 11.6. The number of terminal acetylenes is 1. The smallest absolute Gasteiger partial charge is 0.195 e. The maximum atomic E-state index is 11.6. The molecule has 0 aliphatic carbocycles. The zero-order valence-corrected chi connectivity index (χ0v) is 8.11. The van der Waals surface area contributed by atoms with Crippen molar-refractivity contribution in [2.45, 2.75) is 6.18 Å². The highest BCUT2D eigenvalue weighted by Gasteiger charge is 2.30. The van der Waals surface area contributed by atoms with E-state index in [1.807, 2.05) is 5.92 Å². The van der Waals surface area contributed by atoms with Gasteiger partial charge in [-0.2, -0.15) is 30.6 Å². The Morgan fingerprint density at radius 2 is 2.00 bits per heavy atom. The van der Waals surface area contributed by atoms with E-state index < -0.39 is 22.9 Å². The third-order valence-electron chi connectivity index (χ3n) is 1.18. The number of hydrogen-bond acceptors (Lipinski definition) is 2. The Kier molecular flexibility index (Phi) is 4.38. The van der Waals surface area contributed by atoms with E-state index in [0.717, 1.165) is 7.05 Å². The molecular formula is C6H9F3N2O2S. The van der Waals surface area contributed by atoms with Crippen LogP contribution in [0.3, 0.4) is 0 Å². The van der Waals surface area contributed by atoms with Crippen molar-refractivity contribution < 1.29 is 21.6 Å². The minimum Gasteiger partial charge on any atom is -0.195 e. The summed E-state index contributed by atoms with van der Waals surface area (Å²) in [5, 5.41) is 0. The fraction of sp³-hybridized carbons (Fsp3) is 0.667. The quantitative estimate of drug-likeness (QED) is 0.688. The first kappa shape index (κ1) is 13.2.